The van der Waals surface area contributed by atoms with Crippen molar-refractivity contribution < 1.29 is 9.32 Å². The van der Waals surface area contributed by atoms with Crippen LogP contribution in [0.5, 0.6) is 0 Å². The Morgan fingerprint density at radius 3 is 3.03 bits per heavy atom. The normalized spacial score (nSPS) is 16.0. The lowest BCUT2D eigenvalue weighted by Crippen LogP contribution is -2.24. The highest BCUT2D eigenvalue weighted by molar-refractivity contribution is 7.99. The summed E-state index contributed by atoms with van der Waals surface area (Å²) in [6.07, 6.45) is 4.67. The van der Waals surface area contributed by atoms with Gasteiger partial charge in [-0.1, -0.05) is 29.9 Å². The second-order valence-corrected chi connectivity index (χ2v) is 9.14. The highest BCUT2D eigenvalue weighted by Gasteiger charge is 2.24. The van der Waals surface area contributed by atoms with Crippen LogP contribution in [0.2, 0.25) is 0 Å². The second kappa shape index (κ2) is 8.11. The first-order chi connectivity index (χ1) is 14.0. The Labute approximate surface area is 175 Å². The van der Waals surface area contributed by atoms with E-state index in [0.29, 0.717) is 23.4 Å². The summed E-state index contributed by atoms with van der Waals surface area (Å²) in [6.45, 7) is 8.01. The SMILES string of the molecule is C=CCn1c(SCC(=O)Nc2nc(C)no2)nc2sc3c(c2c1=O)CCC(C)C3. The molecule has 0 spiro atoms. The summed E-state index contributed by atoms with van der Waals surface area (Å²) in [5, 5.41) is 7.42. The van der Waals surface area contributed by atoms with E-state index in [9.17, 15) is 9.59 Å². The molecule has 0 radical (unpaired) electrons. The number of carbonyl (C=O) groups excluding carboxylic acids is 1. The largest absolute Gasteiger partial charge is 0.328 e. The van der Waals surface area contributed by atoms with Gasteiger partial charge in [-0.3, -0.25) is 19.5 Å². The van der Waals surface area contributed by atoms with Gasteiger partial charge in [0.25, 0.3) is 5.56 Å². The quantitative estimate of drug-likeness (QED) is 0.363. The van der Waals surface area contributed by atoms with Crippen LogP contribution >= 0.6 is 23.1 Å². The predicted molar refractivity (Wildman–Crippen MR) is 114 cm³/mol. The molecule has 1 amide bonds. The van der Waals surface area contributed by atoms with Crippen molar-refractivity contribution in [3.05, 3.63) is 39.3 Å². The van der Waals surface area contributed by atoms with Crippen molar-refractivity contribution in [2.24, 2.45) is 5.92 Å². The number of allylic oxidation sites excluding steroid dienone is 1. The molecule has 0 saturated carbocycles. The zero-order valence-electron chi connectivity index (χ0n) is 16.2. The van der Waals surface area contributed by atoms with Gasteiger partial charge in [0.2, 0.25) is 5.91 Å². The lowest BCUT2D eigenvalue weighted by molar-refractivity contribution is -0.114. The zero-order chi connectivity index (χ0) is 20.5. The topological polar surface area (TPSA) is 103 Å². The molecule has 1 aliphatic rings. The molecule has 0 bridgehead atoms. The summed E-state index contributed by atoms with van der Waals surface area (Å²) in [7, 11) is 0. The van der Waals surface area contributed by atoms with Crippen LogP contribution < -0.4 is 10.9 Å². The van der Waals surface area contributed by atoms with Crippen LogP contribution in [0.25, 0.3) is 10.2 Å². The average Bonchev–Trinajstić information content (AvgIpc) is 3.25. The summed E-state index contributed by atoms with van der Waals surface area (Å²) in [5.74, 6) is 0.823. The number of fused-ring (bicyclic) bond motifs is 3. The molecular weight excluding hydrogens is 410 g/mol. The lowest BCUT2D eigenvalue weighted by Gasteiger charge is -2.17. The first kappa shape index (κ1) is 19.8. The second-order valence-electron chi connectivity index (χ2n) is 7.11. The molecule has 10 heteroatoms. The van der Waals surface area contributed by atoms with Crippen LogP contribution in [0.15, 0.2) is 27.1 Å². The van der Waals surface area contributed by atoms with E-state index in [-0.39, 0.29) is 23.2 Å². The van der Waals surface area contributed by atoms with Gasteiger partial charge in [0.05, 0.1) is 11.1 Å². The van der Waals surface area contributed by atoms with E-state index in [4.69, 9.17) is 9.51 Å². The highest BCUT2D eigenvalue weighted by atomic mass is 32.2. The maximum Gasteiger partial charge on any atom is 0.328 e. The molecule has 152 valence electrons. The number of hydrogen-bond donors (Lipinski definition) is 1. The summed E-state index contributed by atoms with van der Waals surface area (Å²) >= 11 is 2.81. The van der Waals surface area contributed by atoms with Crippen LogP contribution in [0.1, 0.15) is 29.6 Å². The van der Waals surface area contributed by atoms with E-state index in [2.05, 4.69) is 29.0 Å². The number of aryl methyl sites for hydroxylation is 2. The lowest BCUT2D eigenvalue weighted by atomic mass is 9.89. The van der Waals surface area contributed by atoms with Crippen molar-refractivity contribution in [1.82, 2.24) is 19.7 Å². The van der Waals surface area contributed by atoms with Gasteiger partial charge in [-0.05, 0) is 37.7 Å². The third kappa shape index (κ3) is 3.99. The third-order valence-corrected chi connectivity index (χ3v) is 6.92. The van der Waals surface area contributed by atoms with Crippen molar-refractivity contribution in [2.45, 2.75) is 44.8 Å². The Hall–Kier alpha value is -2.46. The predicted octanol–water partition coefficient (Wildman–Crippen LogP) is 3.19. The van der Waals surface area contributed by atoms with Gasteiger partial charge in [-0.2, -0.15) is 4.98 Å². The van der Waals surface area contributed by atoms with Gasteiger partial charge < -0.3 is 4.52 Å². The molecule has 1 unspecified atom stereocenters. The minimum atomic E-state index is -0.308. The molecule has 0 aromatic carbocycles. The van der Waals surface area contributed by atoms with Crippen molar-refractivity contribution in [2.75, 3.05) is 11.1 Å². The number of rotatable bonds is 6. The zero-order valence-corrected chi connectivity index (χ0v) is 17.9. The fourth-order valence-electron chi connectivity index (χ4n) is 3.44. The number of carbonyl (C=O) groups is 1. The molecule has 3 heterocycles. The van der Waals surface area contributed by atoms with Crippen molar-refractivity contribution in [3.8, 4) is 0 Å². The number of thiophene rings is 1. The summed E-state index contributed by atoms with van der Waals surface area (Å²) in [6, 6.07) is 0.0556. The Balaban J connectivity index is 1.62. The maximum atomic E-state index is 13.2. The number of nitrogens with one attached hydrogen (secondary N) is 1. The molecular formula is C19H21N5O3S2. The van der Waals surface area contributed by atoms with Crippen LogP contribution in [0, 0.1) is 12.8 Å². The number of hydrogen-bond acceptors (Lipinski definition) is 8. The standard InChI is InChI=1S/C19H21N5O3S2/c1-4-7-24-17(26)15-12-6-5-10(2)8-13(12)29-16(15)22-19(24)28-9-14(25)21-18-20-11(3)23-27-18/h4,10H,1,5-9H2,2-3H3,(H,20,21,23,25). The molecule has 0 saturated heterocycles. The van der Waals surface area contributed by atoms with E-state index in [0.717, 1.165) is 35.0 Å². The van der Waals surface area contributed by atoms with E-state index in [1.807, 2.05) is 0 Å². The van der Waals surface area contributed by atoms with Gasteiger partial charge in [-0.25, -0.2) is 4.98 Å². The van der Waals surface area contributed by atoms with Gasteiger partial charge in [-0.15, -0.1) is 17.9 Å². The highest BCUT2D eigenvalue weighted by Crippen LogP contribution is 2.36. The molecule has 4 rings (SSSR count). The van der Waals surface area contributed by atoms with Crippen LogP contribution in [-0.2, 0) is 24.2 Å². The minimum Gasteiger partial charge on any atom is -0.315 e. The van der Waals surface area contributed by atoms with E-state index < -0.39 is 0 Å². The minimum absolute atomic E-state index is 0.0556. The average molecular weight is 432 g/mol. The van der Waals surface area contributed by atoms with Crippen molar-refractivity contribution >= 4 is 45.2 Å². The fourth-order valence-corrected chi connectivity index (χ4v) is 5.67. The molecule has 0 fully saturated rings. The van der Waals surface area contributed by atoms with E-state index in [1.54, 1.807) is 28.9 Å². The Kier molecular flexibility index (Phi) is 5.55. The Morgan fingerprint density at radius 2 is 2.31 bits per heavy atom. The van der Waals surface area contributed by atoms with Gasteiger partial charge >= 0.3 is 6.01 Å². The van der Waals surface area contributed by atoms with Crippen molar-refractivity contribution in [3.63, 3.8) is 0 Å². The molecule has 8 nitrogen and oxygen atoms in total. The summed E-state index contributed by atoms with van der Waals surface area (Å²) in [4.78, 5) is 36.1. The fraction of sp³-hybridized carbons (Fsp3) is 0.421. The summed E-state index contributed by atoms with van der Waals surface area (Å²) in [5.41, 5.74) is 1.09. The molecule has 1 atom stereocenters. The van der Waals surface area contributed by atoms with E-state index in [1.165, 1.54) is 16.6 Å². The van der Waals surface area contributed by atoms with Gasteiger partial charge in [0.1, 0.15) is 4.83 Å². The monoisotopic (exact) mass is 431 g/mol. The first-order valence-electron chi connectivity index (χ1n) is 9.35. The van der Waals surface area contributed by atoms with Crippen LogP contribution in [-0.4, -0.2) is 31.4 Å². The smallest absolute Gasteiger partial charge is 0.315 e. The van der Waals surface area contributed by atoms with Gasteiger partial charge in [0.15, 0.2) is 11.0 Å². The first-order valence-corrected chi connectivity index (χ1v) is 11.2. The number of anilines is 1. The number of amides is 1. The number of nitrogens with zero attached hydrogens (tertiary/aromatic N) is 4. The van der Waals surface area contributed by atoms with E-state index >= 15 is 0 Å². The molecule has 3 aromatic heterocycles. The third-order valence-electron chi connectivity index (χ3n) is 4.80. The maximum absolute atomic E-state index is 13.2. The molecule has 1 aliphatic carbocycles. The molecule has 0 aliphatic heterocycles. The molecule has 3 aromatic rings. The molecule has 29 heavy (non-hydrogen) atoms. The number of aromatic nitrogens is 4. The molecule has 1 N–H and O–H groups in total. The number of thioether (sulfide) groups is 1. The Bertz CT molecular complexity index is 1150. The van der Waals surface area contributed by atoms with Crippen LogP contribution in [0.3, 0.4) is 0 Å². The summed E-state index contributed by atoms with van der Waals surface area (Å²) < 4.78 is 6.49. The van der Waals surface area contributed by atoms with Crippen molar-refractivity contribution in [1.29, 1.82) is 0 Å². The Morgan fingerprint density at radius 1 is 1.48 bits per heavy atom. The van der Waals surface area contributed by atoms with Crippen LogP contribution in [0.4, 0.5) is 6.01 Å². The van der Waals surface area contributed by atoms with Gasteiger partial charge in [0, 0.05) is 11.4 Å².